The molecule has 1 N–H and O–H groups in total. The van der Waals surface area contributed by atoms with Crippen LogP contribution in [0.5, 0.6) is 0 Å². The summed E-state index contributed by atoms with van der Waals surface area (Å²) in [4.78, 5) is 27.2. The van der Waals surface area contributed by atoms with E-state index in [2.05, 4.69) is 5.32 Å². The van der Waals surface area contributed by atoms with Crippen molar-refractivity contribution >= 4 is 11.8 Å². The standard InChI is InChI=1S/C13H23N3O2/c1-2-15(9-11-5-3-7-14-11)13(18)10-16-8-4-6-12(16)17/h11,14H,2-10H2,1H3. The van der Waals surface area contributed by atoms with Gasteiger partial charge in [-0.2, -0.15) is 0 Å². The fraction of sp³-hybridized carbons (Fsp3) is 0.846. The monoisotopic (exact) mass is 253 g/mol. The highest BCUT2D eigenvalue weighted by molar-refractivity contribution is 5.85. The van der Waals surface area contributed by atoms with Crippen molar-refractivity contribution < 1.29 is 9.59 Å². The van der Waals surface area contributed by atoms with Crippen molar-refractivity contribution in [2.24, 2.45) is 0 Å². The van der Waals surface area contributed by atoms with E-state index >= 15 is 0 Å². The number of nitrogens with zero attached hydrogens (tertiary/aromatic N) is 2. The van der Waals surface area contributed by atoms with Crippen LogP contribution in [0, 0.1) is 0 Å². The lowest BCUT2D eigenvalue weighted by Crippen LogP contribution is -2.45. The zero-order chi connectivity index (χ0) is 13.0. The predicted octanol–water partition coefficient (Wildman–Crippen LogP) is 0.209. The van der Waals surface area contributed by atoms with Crippen molar-refractivity contribution in [1.29, 1.82) is 0 Å². The lowest BCUT2D eigenvalue weighted by Gasteiger charge is -2.26. The number of likely N-dealkylation sites (N-methyl/N-ethyl adjacent to an activating group) is 1. The second-order valence-corrected chi connectivity index (χ2v) is 5.14. The van der Waals surface area contributed by atoms with Crippen LogP contribution < -0.4 is 5.32 Å². The molecule has 0 aromatic heterocycles. The van der Waals surface area contributed by atoms with Gasteiger partial charge in [-0.3, -0.25) is 9.59 Å². The summed E-state index contributed by atoms with van der Waals surface area (Å²) in [6.07, 6.45) is 3.83. The van der Waals surface area contributed by atoms with Crippen molar-refractivity contribution in [3.63, 3.8) is 0 Å². The van der Waals surface area contributed by atoms with Crippen LogP contribution in [0.2, 0.25) is 0 Å². The molecule has 1 atom stereocenters. The third-order valence-corrected chi connectivity index (χ3v) is 3.84. The zero-order valence-electron chi connectivity index (χ0n) is 11.2. The van der Waals surface area contributed by atoms with E-state index in [4.69, 9.17) is 0 Å². The molecular formula is C13H23N3O2. The minimum Gasteiger partial charge on any atom is -0.340 e. The number of likely N-dealkylation sites (tertiary alicyclic amines) is 1. The number of rotatable bonds is 5. The summed E-state index contributed by atoms with van der Waals surface area (Å²) in [6, 6.07) is 0.433. The molecule has 0 aromatic rings. The first-order chi connectivity index (χ1) is 8.70. The smallest absolute Gasteiger partial charge is 0.242 e. The molecule has 2 aliphatic rings. The largest absolute Gasteiger partial charge is 0.340 e. The van der Waals surface area contributed by atoms with E-state index in [0.29, 0.717) is 12.5 Å². The first kappa shape index (κ1) is 13.3. The molecule has 0 aromatic carbocycles. The van der Waals surface area contributed by atoms with Gasteiger partial charge in [0.15, 0.2) is 0 Å². The van der Waals surface area contributed by atoms with E-state index in [1.165, 1.54) is 6.42 Å². The molecule has 2 fully saturated rings. The van der Waals surface area contributed by atoms with Crippen LogP contribution in [0.15, 0.2) is 0 Å². The fourth-order valence-corrected chi connectivity index (χ4v) is 2.72. The van der Waals surface area contributed by atoms with Crippen molar-refractivity contribution in [1.82, 2.24) is 15.1 Å². The number of hydrogen-bond acceptors (Lipinski definition) is 3. The highest BCUT2D eigenvalue weighted by Crippen LogP contribution is 2.11. The highest BCUT2D eigenvalue weighted by Gasteiger charge is 2.26. The molecule has 0 saturated carbocycles. The summed E-state index contributed by atoms with van der Waals surface area (Å²) in [5.41, 5.74) is 0. The average Bonchev–Trinajstić information content (AvgIpc) is 2.99. The van der Waals surface area contributed by atoms with Crippen molar-refractivity contribution in [3.8, 4) is 0 Å². The van der Waals surface area contributed by atoms with Crippen LogP contribution in [0.4, 0.5) is 0 Å². The molecule has 0 spiro atoms. The minimum absolute atomic E-state index is 0.0847. The lowest BCUT2D eigenvalue weighted by atomic mass is 10.2. The fourth-order valence-electron chi connectivity index (χ4n) is 2.72. The highest BCUT2D eigenvalue weighted by atomic mass is 16.2. The van der Waals surface area contributed by atoms with Gasteiger partial charge in [-0.25, -0.2) is 0 Å². The number of hydrogen-bond donors (Lipinski definition) is 1. The summed E-state index contributed by atoms with van der Waals surface area (Å²) < 4.78 is 0. The Labute approximate surface area is 108 Å². The van der Waals surface area contributed by atoms with Crippen LogP contribution in [0.3, 0.4) is 0 Å². The molecule has 0 radical (unpaired) electrons. The number of nitrogens with one attached hydrogen (secondary N) is 1. The van der Waals surface area contributed by atoms with Crippen LogP contribution in [-0.2, 0) is 9.59 Å². The van der Waals surface area contributed by atoms with Crippen LogP contribution in [0.25, 0.3) is 0 Å². The maximum Gasteiger partial charge on any atom is 0.242 e. The maximum absolute atomic E-state index is 12.2. The minimum atomic E-state index is 0.0847. The van der Waals surface area contributed by atoms with Gasteiger partial charge >= 0.3 is 0 Å². The van der Waals surface area contributed by atoms with Gasteiger partial charge in [-0.1, -0.05) is 0 Å². The van der Waals surface area contributed by atoms with Crippen molar-refractivity contribution in [2.75, 3.05) is 32.7 Å². The van der Waals surface area contributed by atoms with Crippen LogP contribution >= 0.6 is 0 Å². The summed E-state index contributed by atoms with van der Waals surface area (Å²) in [5, 5.41) is 3.40. The first-order valence-electron chi connectivity index (χ1n) is 6.99. The topological polar surface area (TPSA) is 52.7 Å². The van der Waals surface area contributed by atoms with Crippen LogP contribution in [-0.4, -0.2) is 60.4 Å². The van der Waals surface area contributed by atoms with Gasteiger partial charge in [0.05, 0.1) is 6.54 Å². The summed E-state index contributed by atoms with van der Waals surface area (Å²) >= 11 is 0. The molecule has 0 bridgehead atoms. The molecule has 1 unspecified atom stereocenters. The molecule has 2 saturated heterocycles. The molecule has 2 rings (SSSR count). The van der Waals surface area contributed by atoms with Gasteiger partial charge in [0.1, 0.15) is 0 Å². The number of carbonyl (C=O) groups is 2. The van der Waals surface area contributed by atoms with Gasteiger partial charge in [-0.05, 0) is 32.7 Å². The lowest BCUT2D eigenvalue weighted by molar-refractivity contribution is -0.138. The Bertz CT molecular complexity index is 313. The Morgan fingerprint density at radius 3 is 2.89 bits per heavy atom. The zero-order valence-corrected chi connectivity index (χ0v) is 11.2. The quantitative estimate of drug-likeness (QED) is 0.762. The Balaban J connectivity index is 1.82. The van der Waals surface area contributed by atoms with E-state index in [1.807, 2.05) is 11.8 Å². The van der Waals surface area contributed by atoms with E-state index in [1.54, 1.807) is 4.90 Å². The Kier molecular flexibility index (Phi) is 4.58. The van der Waals surface area contributed by atoms with Gasteiger partial charge in [0.2, 0.25) is 11.8 Å². The molecule has 18 heavy (non-hydrogen) atoms. The van der Waals surface area contributed by atoms with Gasteiger partial charge in [-0.15, -0.1) is 0 Å². The summed E-state index contributed by atoms with van der Waals surface area (Å²) in [6.45, 7) is 5.55. The normalized spacial score (nSPS) is 23.7. The van der Waals surface area contributed by atoms with E-state index in [-0.39, 0.29) is 18.4 Å². The van der Waals surface area contributed by atoms with Crippen LogP contribution in [0.1, 0.15) is 32.6 Å². The first-order valence-corrected chi connectivity index (χ1v) is 6.99. The van der Waals surface area contributed by atoms with Crippen molar-refractivity contribution in [3.05, 3.63) is 0 Å². The molecule has 2 amide bonds. The molecule has 5 heteroatoms. The Morgan fingerprint density at radius 1 is 1.50 bits per heavy atom. The van der Waals surface area contributed by atoms with E-state index in [9.17, 15) is 9.59 Å². The van der Waals surface area contributed by atoms with Gasteiger partial charge in [0.25, 0.3) is 0 Å². The second-order valence-electron chi connectivity index (χ2n) is 5.14. The van der Waals surface area contributed by atoms with E-state index < -0.39 is 0 Å². The molecule has 2 heterocycles. The average molecular weight is 253 g/mol. The Morgan fingerprint density at radius 2 is 2.33 bits per heavy atom. The second kappa shape index (κ2) is 6.18. The third-order valence-electron chi connectivity index (χ3n) is 3.84. The molecular weight excluding hydrogens is 230 g/mol. The number of carbonyl (C=O) groups excluding carboxylic acids is 2. The predicted molar refractivity (Wildman–Crippen MR) is 69.1 cm³/mol. The molecule has 2 aliphatic heterocycles. The molecule has 0 aliphatic carbocycles. The van der Waals surface area contributed by atoms with Gasteiger partial charge < -0.3 is 15.1 Å². The van der Waals surface area contributed by atoms with E-state index in [0.717, 1.165) is 39.0 Å². The molecule has 5 nitrogen and oxygen atoms in total. The molecule has 102 valence electrons. The SMILES string of the molecule is CCN(CC1CCCN1)C(=O)CN1CCCC1=O. The summed E-state index contributed by atoms with van der Waals surface area (Å²) in [5.74, 6) is 0.208. The number of amides is 2. The Hall–Kier alpha value is -1.10. The third kappa shape index (κ3) is 3.22. The maximum atomic E-state index is 12.2. The van der Waals surface area contributed by atoms with Gasteiger partial charge in [0, 0.05) is 32.1 Å². The van der Waals surface area contributed by atoms with Crippen molar-refractivity contribution in [2.45, 2.75) is 38.6 Å². The summed E-state index contributed by atoms with van der Waals surface area (Å²) in [7, 11) is 0.